The van der Waals surface area contributed by atoms with Gasteiger partial charge >= 0.3 is 0 Å². The van der Waals surface area contributed by atoms with Crippen LogP contribution in [0.3, 0.4) is 0 Å². The molecule has 1 fully saturated rings. The smallest absolute Gasteiger partial charge is 0.0611 e. The number of nitrogens with one attached hydrogen (secondary N) is 1. The number of piperidine rings is 1. The molecule has 1 aliphatic rings. The third-order valence-corrected chi connectivity index (χ3v) is 6.58. The van der Waals surface area contributed by atoms with Gasteiger partial charge in [-0.3, -0.25) is 10.2 Å². The van der Waals surface area contributed by atoms with Crippen LogP contribution in [0.5, 0.6) is 0 Å². The summed E-state index contributed by atoms with van der Waals surface area (Å²) in [4.78, 5) is 2.63. The van der Waals surface area contributed by atoms with E-state index in [1.54, 1.807) is 0 Å². The molecule has 1 aliphatic heterocycles. The summed E-state index contributed by atoms with van der Waals surface area (Å²) in [5.74, 6) is 0. The lowest BCUT2D eigenvalue weighted by Gasteiger charge is -2.47. The highest BCUT2D eigenvalue weighted by Crippen LogP contribution is 2.40. The Labute approximate surface area is 175 Å². The molecule has 2 atom stereocenters. The Morgan fingerprint density at radius 3 is 2.03 bits per heavy atom. The van der Waals surface area contributed by atoms with Crippen LogP contribution in [0.2, 0.25) is 0 Å². The Balaban J connectivity index is 1.55. The van der Waals surface area contributed by atoms with Crippen molar-refractivity contribution in [2.45, 2.75) is 50.9 Å². The molecule has 0 aliphatic carbocycles. The summed E-state index contributed by atoms with van der Waals surface area (Å²) < 4.78 is 0. The standard InChI is InChI=1S/C27H32N2/c1-2-27(25-16-10-5-11-17-25)18-19-29(22-24-14-8-4-9-15-24)26(20-27)28-21-23-12-6-3-7-13-23/h3-17,26,28H,2,18-22H2,1H3. The number of benzene rings is 3. The van der Waals surface area contributed by atoms with Crippen LogP contribution in [-0.4, -0.2) is 17.6 Å². The minimum Gasteiger partial charge on any atom is -0.298 e. The number of hydrogen-bond donors (Lipinski definition) is 1. The highest BCUT2D eigenvalue weighted by Gasteiger charge is 2.39. The molecule has 0 spiro atoms. The van der Waals surface area contributed by atoms with Crippen LogP contribution < -0.4 is 5.32 Å². The predicted molar refractivity (Wildman–Crippen MR) is 122 cm³/mol. The lowest BCUT2D eigenvalue weighted by atomic mass is 9.70. The predicted octanol–water partition coefficient (Wildman–Crippen LogP) is 5.75. The van der Waals surface area contributed by atoms with Crippen molar-refractivity contribution in [3.05, 3.63) is 108 Å². The van der Waals surface area contributed by atoms with E-state index in [-0.39, 0.29) is 5.41 Å². The molecule has 29 heavy (non-hydrogen) atoms. The van der Waals surface area contributed by atoms with Crippen molar-refractivity contribution in [3.8, 4) is 0 Å². The summed E-state index contributed by atoms with van der Waals surface area (Å²) in [6.07, 6.45) is 3.90. The molecule has 1 saturated heterocycles. The highest BCUT2D eigenvalue weighted by molar-refractivity contribution is 5.27. The molecule has 2 heteroatoms. The van der Waals surface area contributed by atoms with Crippen molar-refractivity contribution in [2.75, 3.05) is 6.54 Å². The molecular weight excluding hydrogens is 352 g/mol. The average molecular weight is 385 g/mol. The van der Waals surface area contributed by atoms with E-state index < -0.39 is 0 Å². The van der Waals surface area contributed by atoms with Crippen molar-refractivity contribution in [3.63, 3.8) is 0 Å². The van der Waals surface area contributed by atoms with Crippen LogP contribution in [0, 0.1) is 0 Å². The van der Waals surface area contributed by atoms with E-state index in [2.05, 4.69) is 108 Å². The summed E-state index contributed by atoms with van der Waals surface area (Å²) in [5, 5.41) is 3.89. The van der Waals surface area contributed by atoms with Gasteiger partial charge in [0.25, 0.3) is 0 Å². The molecule has 4 rings (SSSR count). The van der Waals surface area contributed by atoms with Crippen molar-refractivity contribution >= 4 is 0 Å². The molecule has 3 aromatic rings. The quantitative estimate of drug-likeness (QED) is 0.558. The van der Waals surface area contributed by atoms with E-state index in [0.717, 1.165) is 26.1 Å². The van der Waals surface area contributed by atoms with Gasteiger partial charge in [0.15, 0.2) is 0 Å². The number of rotatable bonds is 7. The first-order chi connectivity index (χ1) is 14.3. The average Bonchev–Trinajstić information content (AvgIpc) is 2.80. The zero-order valence-electron chi connectivity index (χ0n) is 17.4. The monoisotopic (exact) mass is 384 g/mol. The molecule has 1 N–H and O–H groups in total. The van der Waals surface area contributed by atoms with Crippen LogP contribution in [0.1, 0.15) is 42.9 Å². The van der Waals surface area contributed by atoms with E-state index in [0.29, 0.717) is 6.17 Å². The van der Waals surface area contributed by atoms with Crippen LogP contribution in [0.4, 0.5) is 0 Å². The number of nitrogens with zero attached hydrogens (tertiary/aromatic N) is 1. The Bertz CT molecular complexity index is 863. The van der Waals surface area contributed by atoms with Gasteiger partial charge in [-0.15, -0.1) is 0 Å². The Hall–Kier alpha value is -2.42. The minimum atomic E-state index is 0.253. The van der Waals surface area contributed by atoms with Crippen molar-refractivity contribution < 1.29 is 0 Å². The summed E-state index contributed by atoms with van der Waals surface area (Å²) >= 11 is 0. The lowest BCUT2D eigenvalue weighted by molar-refractivity contribution is 0.0605. The maximum Gasteiger partial charge on any atom is 0.0611 e. The van der Waals surface area contributed by atoms with E-state index in [1.807, 2.05) is 0 Å². The third-order valence-electron chi connectivity index (χ3n) is 6.58. The summed E-state index contributed by atoms with van der Waals surface area (Å²) in [6, 6.07) is 32.8. The van der Waals surface area contributed by atoms with E-state index in [4.69, 9.17) is 0 Å². The maximum absolute atomic E-state index is 3.89. The molecule has 150 valence electrons. The van der Waals surface area contributed by atoms with Crippen LogP contribution >= 0.6 is 0 Å². The Morgan fingerprint density at radius 2 is 1.41 bits per heavy atom. The van der Waals surface area contributed by atoms with Crippen molar-refractivity contribution in [1.82, 2.24) is 10.2 Å². The number of likely N-dealkylation sites (tertiary alicyclic amines) is 1. The fourth-order valence-corrected chi connectivity index (χ4v) is 4.73. The van der Waals surface area contributed by atoms with E-state index >= 15 is 0 Å². The fraction of sp³-hybridized carbons (Fsp3) is 0.333. The maximum atomic E-state index is 3.89. The second-order valence-corrected chi connectivity index (χ2v) is 8.29. The van der Waals surface area contributed by atoms with Crippen molar-refractivity contribution in [1.29, 1.82) is 0 Å². The first-order valence-electron chi connectivity index (χ1n) is 10.9. The zero-order chi connectivity index (χ0) is 19.9. The fourth-order valence-electron chi connectivity index (χ4n) is 4.73. The SMILES string of the molecule is CCC1(c2ccccc2)CCN(Cc2ccccc2)C(NCc2ccccc2)C1. The van der Waals surface area contributed by atoms with Gasteiger partial charge in [-0.05, 0) is 41.4 Å². The van der Waals surface area contributed by atoms with Gasteiger partial charge in [-0.1, -0.05) is 97.9 Å². The molecule has 3 aromatic carbocycles. The minimum absolute atomic E-state index is 0.253. The lowest BCUT2D eigenvalue weighted by Crippen LogP contribution is -2.54. The summed E-state index contributed by atoms with van der Waals surface area (Å²) in [5.41, 5.74) is 4.48. The second kappa shape index (κ2) is 9.39. The topological polar surface area (TPSA) is 15.3 Å². The van der Waals surface area contributed by atoms with Gasteiger partial charge in [0.1, 0.15) is 0 Å². The molecular formula is C27H32N2. The van der Waals surface area contributed by atoms with Gasteiger partial charge in [0, 0.05) is 19.6 Å². The van der Waals surface area contributed by atoms with Gasteiger partial charge in [-0.2, -0.15) is 0 Å². The molecule has 0 saturated carbocycles. The van der Waals surface area contributed by atoms with E-state index in [9.17, 15) is 0 Å². The largest absolute Gasteiger partial charge is 0.298 e. The molecule has 0 radical (unpaired) electrons. The highest BCUT2D eigenvalue weighted by atomic mass is 15.3. The molecule has 0 bridgehead atoms. The Kier molecular flexibility index (Phi) is 6.43. The first-order valence-corrected chi connectivity index (χ1v) is 10.9. The molecule has 2 unspecified atom stereocenters. The van der Waals surface area contributed by atoms with Crippen LogP contribution in [0.25, 0.3) is 0 Å². The third kappa shape index (κ3) is 4.77. The molecule has 0 amide bonds. The van der Waals surface area contributed by atoms with Gasteiger partial charge in [0.05, 0.1) is 6.17 Å². The van der Waals surface area contributed by atoms with Gasteiger partial charge < -0.3 is 0 Å². The van der Waals surface area contributed by atoms with Crippen LogP contribution in [-0.2, 0) is 18.5 Å². The van der Waals surface area contributed by atoms with Crippen molar-refractivity contribution in [2.24, 2.45) is 0 Å². The van der Waals surface area contributed by atoms with Gasteiger partial charge in [0.2, 0.25) is 0 Å². The van der Waals surface area contributed by atoms with Gasteiger partial charge in [-0.25, -0.2) is 0 Å². The Morgan fingerprint density at radius 1 is 0.828 bits per heavy atom. The normalized spacial score (nSPS) is 22.4. The molecule has 1 heterocycles. The van der Waals surface area contributed by atoms with E-state index in [1.165, 1.54) is 29.5 Å². The zero-order valence-corrected chi connectivity index (χ0v) is 17.4. The molecule has 0 aromatic heterocycles. The summed E-state index contributed by atoms with van der Waals surface area (Å²) in [7, 11) is 0. The first kappa shape index (κ1) is 19.9. The van der Waals surface area contributed by atoms with Crippen LogP contribution in [0.15, 0.2) is 91.0 Å². The second-order valence-electron chi connectivity index (χ2n) is 8.29. The summed E-state index contributed by atoms with van der Waals surface area (Å²) in [6.45, 7) is 5.38. The number of hydrogen-bond acceptors (Lipinski definition) is 2. The molecule has 2 nitrogen and oxygen atoms in total.